The van der Waals surface area contributed by atoms with Crippen LogP contribution < -0.4 is 5.73 Å². The summed E-state index contributed by atoms with van der Waals surface area (Å²) in [6.07, 6.45) is 2.37. The van der Waals surface area contributed by atoms with E-state index in [-0.39, 0.29) is 0 Å². The standard InChI is InChI=1S/C12H28N2O/c1-5-14(12(3)10-15-4)9-11(2)7-6-8-13/h11-12H,5-10,13H2,1-4H3. The lowest BCUT2D eigenvalue weighted by molar-refractivity contribution is 0.0922. The summed E-state index contributed by atoms with van der Waals surface area (Å²) in [7, 11) is 1.77. The average molecular weight is 216 g/mol. The van der Waals surface area contributed by atoms with Crippen molar-refractivity contribution in [3.63, 3.8) is 0 Å². The van der Waals surface area contributed by atoms with Gasteiger partial charge in [-0.3, -0.25) is 4.90 Å². The van der Waals surface area contributed by atoms with Gasteiger partial charge in [-0.15, -0.1) is 0 Å². The maximum Gasteiger partial charge on any atom is 0.0615 e. The number of hydrogen-bond acceptors (Lipinski definition) is 3. The van der Waals surface area contributed by atoms with E-state index in [0.29, 0.717) is 6.04 Å². The summed E-state index contributed by atoms with van der Waals surface area (Å²) >= 11 is 0. The molecular weight excluding hydrogens is 188 g/mol. The Hall–Kier alpha value is -0.120. The summed E-state index contributed by atoms with van der Waals surface area (Å²) in [5, 5.41) is 0. The number of likely N-dealkylation sites (N-methyl/N-ethyl adjacent to an activating group) is 1. The van der Waals surface area contributed by atoms with Crippen LogP contribution in [-0.2, 0) is 4.74 Å². The molecule has 0 heterocycles. The van der Waals surface area contributed by atoms with Crippen LogP contribution in [0.25, 0.3) is 0 Å². The van der Waals surface area contributed by atoms with Gasteiger partial charge in [-0.25, -0.2) is 0 Å². The van der Waals surface area contributed by atoms with E-state index in [1.165, 1.54) is 6.42 Å². The molecule has 0 aliphatic rings. The van der Waals surface area contributed by atoms with Gasteiger partial charge in [-0.05, 0) is 38.8 Å². The predicted molar refractivity (Wildman–Crippen MR) is 66.0 cm³/mol. The van der Waals surface area contributed by atoms with Gasteiger partial charge in [0.1, 0.15) is 0 Å². The fraction of sp³-hybridized carbons (Fsp3) is 1.00. The van der Waals surface area contributed by atoms with Crippen LogP contribution in [0.1, 0.15) is 33.6 Å². The maximum atomic E-state index is 5.51. The first-order valence-electron chi connectivity index (χ1n) is 6.08. The van der Waals surface area contributed by atoms with E-state index in [4.69, 9.17) is 10.5 Å². The van der Waals surface area contributed by atoms with Gasteiger partial charge < -0.3 is 10.5 Å². The van der Waals surface area contributed by atoms with Crippen molar-refractivity contribution in [3.8, 4) is 0 Å². The molecule has 0 amide bonds. The summed E-state index contributed by atoms with van der Waals surface area (Å²) in [5.41, 5.74) is 5.51. The molecule has 0 aromatic carbocycles. The van der Waals surface area contributed by atoms with Crippen LogP contribution >= 0.6 is 0 Å². The van der Waals surface area contributed by atoms with E-state index in [9.17, 15) is 0 Å². The van der Waals surface area contributed by atoms with Gasteiger partial charge in [-0.2, -0.15) is 0 Å². The molecule has 0 aliphatic heterocycles. The van der Waals surface area contributed by atoms with Crippen LogP contribution in [0.15, 0.2) is 0 Å². The molecule has 92 valence electrons. The molecule has 0 aliphatic carbocycles. The number of nitrogens with zero attached hydrogens (tertiary/aromatic N) is 1. The molecular formula is C12H28N2O. The molecule has 3 heteroatoms. The Morgan fingerprint density at radius 2 is 2.00 bits per heavy atom. The number of rotatable bonds is 9. The van der Waals surface area contributed by atoms with Crippen molar-refractivity contribution < 1.29 is 4.74 Å². The molecule has 0 saturated carbocycles. The topological polar surface area (TPSA) is 38.5 Å². The molecule has 0 rings (SSSR count). The molecule has 0 spiro atoms. The minimum Gasteiger partial charge on any atom is -0.383 e. The Balaban J connectivity index is 3.85. The van der Waals surface area contributed by atoms with Crippen LogP contribution in [0.3, 0.4) is 0 Å². The van der Waals surface area contributed by atoms with Crippen LogP contribution in [0.5, 0.6) is 0 Å². The number of hydrogen-bond donors (Lipinski definition) is 1. The first-order valence-corrected chi connectivity index (χ1v) is 6.08. The molecule has 0 fully saturated rings. The molecule has 0 radical (unpaired) electrons. The van der Waals surface area contributed by atoms with Crippen molar-refractivity contribution in [1.82, 2.24) is 4.90 Å². The number of nitrogens with two attached hydrogens (primary N) is 1. The Kier molecular flexibility index (Phi) is 9.06. The molecule has 0 saturated heterocycles. The highest BCUT2D eigenvalue weighted by atomic mass is 16.5. The van der Waals surface area contributed by atoms with E-state index < -0.39 is 0 Å². The predicted octanol–water partition coefficient (Wildman–Crippen LogP) is 1.72. The van der Waals surface area contributed by atoms with E-state index in [1.807, 2.05) is 0 Å². The van der Waals surface area contributed by atoms with Crippen LogP contribution in [0.4, 0.5) is 0 Å². The van der Waals surface area contributed by atoms with Crippen molar-refractivity contribution in [3.05, 3.63) is 0 Å². The van der Waals surface area contributed by atoms with E-state index in [1.54, 1.807) is 7.11 Å². The van der Waals surface area contributed by atoms with Crippen molar-refractivity contribution in [1.29, 1.82) is 0 Å². The smallest absolute Gasteiger partial charge is 0.0615 e. The summed E-state index contributed by atoms with van der Waals surface area (Å²) in [4.78, 5) is 2.48. The first-order chi connectivity index (χ1) is 7.15. The average Bonchev–Trinajstić information content (AvgIpc) is 2.23. The van der Waals surface area contributed by atoms with Crippen LogP contribution in [0.2, 0.25) is 0 Å². The minimum absolute atomic E-state index is 0.514. The Bertz CT molecular complexity index is 142. The quantitative estimate of drug-likeness (QED) is 0.638. The van der Waals surface area contributed by atoms with Crippen molar-refractivity contribution >= 4 is 0 Å². The lowest BCUT2D eigenvalue weighted by Gasteiger charge is -2.29. The molecule has 2 atom stereocenters. The van der Waals surface area contributed by atoms with Crippen LogP contribution in [-0.4, -0.2) is 44.3 Å². The molecule has 2 N–H and O–H groups in total. The SMILES string of the molecule is CCN(CC(C)CCCN)C(C)COC. The number of ether oxygens (including phenoxy) is 1. The lowest BCUT2D eigenvalue weighted by atomic mass is 10.0. The third kappa shape index (κ3) is 6.88. The normalized spacial score (nSPS) is 15.6. The van der Waals surface area contributed by atoms with Crippen molar-refractivity contribution in [2.75, 3.05) is 33.4 Å². The Labute approximate surface area is 95.0 Å². The maximum absolute atomic E-state index is 5.51. The van der Waals surface area contributed by atoms with Gasteiger partial charge in [0, 0.05) is 19.7 Å². The third-order valence-corrected chi connectivity index (χ3v) is 2.88. The molecule has 3 nitrogen and oxygen atoms in total. The van der Waals surface area contributed by atoms with Gasteiger partial charge in [0.2, 0.25) is 0 Å². The summed E-state index contributed by atoms with van der Waals surface area (Å²) in [6, 6.07) is 0.514. The van der Waals surface area contributed by atoms with E-state index in [0.717, 1.165) is 38.6 Å². The zero-order chi connectivity index (χ0) is 11.7. The monoisotopic (exact) mass is 216 g/mol. The van der Waals surface area contributed by atoms with E-state index in [2.05, 4.69) is 25.7 Å². The highest BCUT2D eigenvalue weighted by Crippen LogP contribution is 2.10. The third-order valence-electron chi connectivity index (χ3n) is 2.88. The summed E-state index contributed by atoms with van der Waals surface area (Å²) < 4.78 is 5.19. The van der Waals surface area contributed by atoms with Crippen molar-refractivity contribution in [2.45, 2.75) is 39.7 Å². The minimum atomic E-state index is 0.514. The zero-order valence-corrected chi connectivity index (χ0v) is 10.8. The van der Waals surface area contributed by atoms with Gasteiger partial charge in [0.25, 0.3) is 0 Å². The number of methoxy groups -OCH3 is 1. The van der Waals surface area contributed by atoms with Gasteiger partial charge in [0.15, 0.2) is 0 Å². The first kappa shape index (κ1) is 14.9. The Morgan fingerprint density at radius 1 is 1.33 bits per heavy atom. The van der Waals surface area contributed by atoms with Crippen LogP contribution in [0, 0.1) is 5.92 Å². The zero-order valence-electron chi connectivity index (χ0n) is 10.8. The van der Waals surface area contributed by atoms with Crippen molar-refractivity contribution in [2.24, 2.45) is 11.7 Å². The second-order valence-corrected chi connectivity index (χ2v) is 4.43. The van der Waals surface area contributed by atoms with Gasteiger partial charge in [0.05, 0.1) is 6.61 Å². The van der Waals surface area contributed by atoms with Gasteiger partial charge in [-0.1, -0.05) is 13.8 Å². The van der Waals surface area contributed by atoms with E-state index >= 15 is 0 Å². The highest BCUT2D eigenvalue weighted by molar-refractivity contribution is 4.68. The molecule has 15 heavy (non-hydrogen) atoms. The molecule has 0 bridgehead atoms. The molecule has 0 aromatic rings. The summed E-state index contributed by atoms with van der Waals surface area (Å²) in [5.74, 6) is 0.729. The lowest BCUT2D eigenvalue weighted by Crippen LogP contribution is -2.39. The van der Waals surface area contributed by atoms with Gasteiger partial charge >= 0.3 is 0 Å². The molecule has 2 unspecified atom stereocenters. The fourth-order valence-electron chi connectivity index (χ4n) is 1.93. The molecule has 0 aromatic heterocycles. The second-order valence-electron chi connectivity index (χ2n) is 4.43. The second kappa shape index (κ2) is 9.13. The Morgan fingerprint density at radius 3 is 2.47 bits per heavy atom. The largest absolute Gasteiger partial charge is 0.383 e. The fourth-order valence-corrected chi connectivity index (χ4v) is 1.93. The highest BCUT2D eigenvalue weighted by Gasteiger charge is 2.14. The summed E-state index contributed by atoms with van der Waals surface area (Å²) in [6.45, 7) is 10.6.